The molecule has 0 aromatic heterocycles. The Morgan fingerprint density at radius 3 is 2.65 bits per heavy atom. The average molecular weight is 297 g/mol. The lowest BCUT2D eigenvalue weighted by atomic mass is 9.98. The fourth-order valence-electron chi connectivity index (χ4n) is 1.89. The highest BCUT2D eigenvalue weighted by molar-refractivity contribution is 9.10. The zero-order chi connectivity index (χ0) is 12.3. The molecule has 1 aliphatic rings. The minimum atomic E-state index is 0.0728. The zero-order valence-corrected chi connectivity index (χ0v) is 11.5. The second kappa shape index (κ2) is 5.65. The summed E-state index contributed by atoms with van der Waals surface area (Å²) < 4.78 is 1.06. The Hall–Kier alpha value is -0.870. The van der Waals surface area contributed by atoms with Crippen molar-refractivity contribution in [1.29, 1.82) is 0 Å². The zero-order valence-electron chi connectivity index (χ0n) is 9.87. The molecule has 1 saturated heterocycles. The third-order valence-corrected chi connectivity index (χ3v) is 3.62. The van der Waals surface area contributed by atoms with Gasteiger partial charge in [0.05, 0.1) is 6.04 Å². The van der Waals surface area contributed by atoms with Crippen LogP contribution in [0.15, 0.2) is 28.7 Å². The molecule has 0 bridgehead atoms. The highest BCUT2D eigenvalue weighted by atomic mass is 79.9. The average Bonchev–Trinajstić information content (AvgIpc) is 2.24. The van der Waals surface area contributed by atoms with E-state index in [1.165, 1.54) is 0 Å². The maximum atomic E-state index is 11.7. The summed E-state index contributed by atoms with van der Waals surface area (Å²) >= 11 is 3.40. The van der Waals surface area contributed by atoms with Gasteiger partial charge in [0.15, 0.2) is 0 Å². The highest BCUT2D eigenvalue weighted by Gasteiger charge is 2.20. The van der Waals surface area contributed by atoms with Crippen LogP contribution in [0.4, 0.5) is 0 Å². The quantitative estimate of drug-likeness (QED) is 0.895. The summed E-state index contributed by atoms with van der Waals surface area (Å²) in [5.41, 5.74) is 1.13. The van der Waals surface area contributed by atoms with Crippen molar-refractivity contribution in [3.05, 3.63) is 34.3 Å². The van der Waals surface area contributed by atoms with Crippen LogP contribution < -0.4 is 10.6 Å². The van der Waals surface area contributed by atoms with Crippen molar-refractivity contribution in [3.63, 3.8) is 0 Å². The standard InChI is InChI=1S/C13H17BrN2O/c1-9(11-2-4-12(14)5-3-11)16-13(17)6-10-7-15-8-10/h2-5,9-10,15H,6-8H2,1H3,(H,16,17)/t9-/m0/s1. The smallest absolute Gasteiger partial charge is 0.220 e. The van der Waals surface area contributed by atoms with E-state index in [-0.39, 0.29) is 11.9 Å². The number of hydrogen-bond acceptors (Lipinski definition) is 2. The van der Waals surface area contributed by atoms with Crippen LogP contribution in [0.5, 0.6) is 0 Å². The highest BCUT2D eigenvalue weighted by Crippen LogP contribution is 2.17. The lowest BCUT2D eigenvalue weighted by molar-refractivity contribution is -0.123. The first-order valence-corrected chi connectivity index (χ1v) is 6.70. The molecule has 1 heterocycles. The van der Waals surface area contributed by atoms with Gasteiger partial charge in [-0.3, -0.25) is 4.79 Å². The Bertz CT molecular complexity index is 387. The number of amides is 1. The third kappa shape index (κ3) is 3.54. The fraction of sp³-hybridized carbons (Fsp3) is 0.462. The SMILES string of the molecule is C[C@H](NC(=O)CC1CNC1)c1ccc(Br)cc1. The van der Waals surface area contributed by atoms with Gasteiger partial charge < -0.3 is 10.6 Å². The van der Waals surface area contributed by atoms with Gasteiger partial charge in [0.1, 0.15) is 0 Å². The Morgan fingerprint density at radius 2 is 2.12 bits per heavy atom. The van der Waals surface area contributed by atoms with E-state index in [2.05, 4.69) is 26.6 Å². The van der Waals surface area contributed by atoms with Crippen molar-refractivity contribution >= 4 is 21.8 Å². The summed E-state index contributed by atoms with van der Waals surface area (Å²) in [5, 5.41) is 6.21. The van der Waals surface area contributed by atoms with Gasteiger partial charge in [-0.15, -0.1) is 0 Å². The van der Waals surface area contributed by atoms with Crippen LogP contribution in [-0.2, 0) is 4.79 Å². The summed E-state index contributed by atoms with van der Waals surface area (Å²) in [6.45, 7) is 3.96. The van der Waals surface area contributed by atoms with Gasteiger partial charge in [-0.05, 0) is 43.6 Å². The molecular formula is C13H17BrN2O. The van der Waals surface area contributed by atoms with Gasteiger partial charge in [-0.25, -0.2) is 0 Å². The predicted molar refractivity (Wildman–Crippen MR) is 71.7 cm³/mol. The van der Waals surface area contributed by atoms with Crippen LogP contribution in [0.25, 0.3) is 0 Å². The topological polar surface area (TPSA) is 41.1 Å². The minimum Gasteiger partial charge on any atom is -0.350 e. The second-order valence-corrected chi connectivity index (χ2v) is 5.48. The van der Waals surface area contributed by atoms with Crippen LogP contribution in [-0.4, -0.2) is 19.0 Å². The number of carbonyl (C=O) groups is 1. The summed E-state index contributed by atoms with van der Waals surface area (Å²) in [4.78, 5) is 11.7. The lowest BCUT2D eigenvalue weighted by Gasteiger charge is -2.27. The lowest BCUT2D eigenvalue weighted by Crippen LogP contribution is -2.44. The van der Waals surface area contributed by atoms with Gasteiger partial charge in [-0.2, -0.15) is 0 Å². The molecule has 1 fully saturated rings. The number of carbonyl (C=O) groups excluding carboxylic acids is 1. The first kappa shape index (κ1) is 12.6. The first-order chi connectivity index (χ1) is 8.15. The Labute approximate surface area is 110 Å². The molecule has 2 N–H and O–H groups in total. The Morgan fingerprint density at radius 1 is 1.47 bits per heavy atom. The van der Waals surface area contributed by atoms with Gasteiger partial charge in [0, 0.05) is 10.9 Å². The summed E-state index contributed by atoms with van der Waals surface area (Å²) in [6, 6.07) is 8.12. The molecule has 1 aliphatic heterocycles. The molecule has 17 heavy (non-hydrogen) atoms. The molecule has 1 aromatic rings. The molecule has 0 radical (unpaired) electrons. The van der Waals surface area contributed by atoms with Crippen molar-refractivity contribution in [2.75, 3.05) is 13.1 Å². The van der Waals surface area contributed by atoms with Crippen molar-refractivity contribution < 1.29 is 4.79 Å². The van der Waals surface area contributed by atoms with E-state index in [9.17, 15) is 4.79 Å². The fourth-order valence-corrected chi connectivity index (χ4v) is 2.15. The number of rotatable bonds is 4. The van der Waals surface area contributed by atoms with Gasteiger partial charge in [0.2, 0.25) is 5.91 Å². The normalized spacial score (nSPS) is 17.3. The Balaban J connectivity index is 1.84. The number of halogens is 1. The molecule has 1 atom stereocenters. The molecule has 0 saturated carbocycles. The van der Waals surface area contributed by atoms with Crippen LogP contribution in [0.2, 0.25) is 0 Å². The monoisotopic (exact) mass is 296 g/mol. The Kier molecular flexibility index (Phi) is 4.18. The largest absolute Gasteiger partial charge is 0.350 e. The molecule has 1 amide bonds. The van der Waals surface area contributed by atoms with Gasteiger partial charge in [-0.1, -0.05) is 28.1 Å². The van der Waals surface area contributed by atoms with Crippen LogP contribution in [0.3, 0.4) is 0 Å². The number of benzene rings is 1. The van der Waals surface area contributed by atoms with Crippen molar-refractivity contribution in [2.24, 2.45) is 5.92 Å². The molecule has 0 aliphatic carbocycles. The van der Waals surface area contributed by atoms with E-state index in [0.717, 1.165) is 23.1 Å². The van der Waals surface area contributed by atoms with Crippen molar-refractivity contribution in [3.8, 4) is 0 Å². The van der Waals surface area contributed by atoms with Crippen LogP contribution >= 0.6 is 15.9 Å². The minimum absolute atomic E-state index is 0.0728. The van der Waals surface area contributed by atoms with Crippen LogP contribution in [0, 0.1) is 5.92 Å². The van der Waals surface area contributed by atoms with Crippen molar-refractivity contribution in [2.45, 2.75) is 19.4 Å². The molecule has 3 nitrogen and oxygen atoms in total. The first-order valence-electron chi connectivity index (χ1n) is 5.90. The van der Waals surface area contributed by atoms with E-state index in [1.54, 1.807) is 0 Å². The molecule has 0 spiro atoms. The van der Waals surface area contributed by atoms with Crippen molar-refractivity contribution in [1.82, 2.24) is 10.6 Å². The van der Waals surface area contributed by atoms with Gasteiger partial charge >= 0.3 is 0 Å². The number of hydrogen-bond donors (Lipinski definition) is 2. The molecule has 0 unspecified atom stereocenters. The molecular weight excluding hydrogens is 280 g/mol. The molecule has 2 rings (SSSR count). The summed E-state index contributed by atoms with van der Waals surface area (Å²) in [7, 11) is 0. The van der Waals surface area contributed by atoms with E-state index in [1.807, 2.05) is 31.2 Å². The van der Waals surface area contributed by atoms with E-state index in [4.69, 9.17) is 0 Å². The maximum Gasteiger partial charge on any atom is 0.220 e. The van der Waals surface area contributed by atoms with Crippen LogP contribution in [0.1, 0.15) is 24.9 Å². The predicted octanol–water partition coefficient (Wildman–Crippen LogP) is 2.24. The maximum absolute atomic E-state index is 11.7. The molecule has 1 aromatic carbocycles. The number of nitrogens with one attached hydrogen (secondary N) is 2. The third-order valence-electron chi connectivity index (χ3n) is 3.09. The van der Waals surface area contributed by atoms with E-state index in [0.29, 0.717) is 12.3 Å². The summed E-state index contributed by atoms with van der Waals surface area (Å²) in [5.74, 6) is 0.666. The summed E-state index contributed by atoms with van der Waals surface area (Å²) in [6.07, 6.45) is 0.633. The second-order valence-electron chi connectivity index (χ2n) is 4.57. The van der Waals surface area contributed by atoms with E-state index >= 15 is 0 Å². The molecule has 92 valence electrons. The molecule has 4 heteroatoms. The van der Waals surface area contributed by atoms with E-state index < -0.39 is 0 Å². The van der Waals surface area contributed by atoms with Gasteiger partial charge in [0.25, 0.3) is 0 Å².